The van der Waals surface area contributed by atoms with Gasteiger partial charge in [0.25, 0.3) is 0 Å². The van der Waals surface area contributed by atoms with Crippen LogP contribution < -0.4 is 5.73 Å². The van der Waals surface area contributed by atoms with Gasteiger partial charge in [-0.1, -0.05) is 6.58 Å². The predicted octanol–water partition coefficient (Wildman–Crippen LogP) is 0.719. The van der Waals surface area contributed by atoms with Crippen LogP contribution >= 0.6 is 0 Å². The number of aromatic nitrogens is 1. The van der Waals surface area contributed by atoms with E-state index >= 15 is 0 Å². The van der Waals surface area contributed by atoms with Crippen molar-refractivity contribution >= 4 is 11.5 Å². The molecule has 0 atom stereocenters. The lowest BCUT2D eigenvalue weighted by Crippen LogP contribution is -2.12. The van der Waals surface area contributed by atoms with Gasteiger partial charge in [-0.25, -0.2) is 4.98 Å². The van der Waals surface area contributed by atoms with Crippen molar-refractivity contribution in [1.29, 1.82) is 0 Å². The zero-order chi connectivity index (χ0) is 9.14. The van der Waals surface area contributed by atoms with Crippen molar-refractivity contribution in [3.63, 3.8) is 0 Å². The third kappa shape index (κ3) is 1.66. The second-order valence-corrected chi connectivity index (χ2v) is 2.21. The summed E-state index contributed by atoms with van der Waals surface area (Å²) in [6.07, 6.45) is 1.25. The average molecular weight is 166 g/mol. The van der Waals surface area contributed by atoms with Crippen molar-refractivity contribution in [2.75, 3.05) is 0 Å². The van der Waals surface area contributed by atoms with Gasteiger partial charge >= 0.3 is 0 Å². The molecule has 1 amide bonds. The standard InChI is InChI=1S/C8H7FN2O/c1-5(8(10)12)6-2-3-11-7(9)4-6/h2-4H,1H2,(H2,10,12). The normalized spacial score (nSPS) is 9.42. The van der Waals surface area contributed by atoms with E-state index in [1.54, 1.807) is 0 Å². The van der Waals surface area contributed by atoms with Gasteiger partial charge in [0, 0.05) is 17.8 Å². The van der Waals surface area contributed by atoms with Crippen LogP contribution in [0.4, 0.5) is 4.39 Å². The van der Waals surface area contributed by atoms with Crippen LogP contribution in [0.3, 0.4) is 0 Å². The zero-order valence-corrected chi connectivity index (χ0v) is 6.25. The van der Waals surface area contributed by atoms with Crippen LogP contribution in [0.25, 0.3) is 5.57 Å². The Balaban J connectivity index is 3.04. The molecule has 0 aromatic carbocycles. The Hall–Kier alpha value is -1.71. The van der Waals surface area contributed by atoms with Gasteiger partial charge in [0.15, 0.2) is 0 Å². The summed E-state index contributed by atoms with van der Waals surface area (Å²) < 4.78 is 12.5. The molecular formula is C8H7FN2O. The highest BCUT2D eigenvalue weighted by molar-refractivity contribution is 6.17. The molecule has 0 unspecified atom stereocenters. The first kappa shape index (κ1) is 8.39. The number of nitrogens with zero attached hydrogens (tertiary/aromatic N) is 1. The predicted molar refractivity (Wildman–Crippen MR) is 42.4 cm³/mol. The van der Waals surface area contributed by atoms with E-state index < -0.39 is 11.9 Å². The second-order valence-electron chi connectivity index (χ2n) is 2.21. The third-order valence-electron chi connectivity index (χ3n) is 1.37. The number of hydrogen-bond acceptors (Lipinski definition) is 2. The number of primary amides is 1. The van der Waals surface area contributed by atoms with Crippen LogP contribution in [0.15, 0.2) is 24.9 Å². The molecule has 1 aromatic rings. The molecule has 0 aliphatic heterocycles. The van der Waals surface area contributed by atoms with E-state index in [0.717, 1.165) is 6.07 Å². The summed E-state index contributed by atoms with van der Waals surface area (Å²) in [5, 5.41) is 0. The quantitative estimate of drug-likeness (QED) is 0.519. The van der Waals surface area contributed by atoms with E-state index in [1.807, 2.05) is 0 Å². The maximum atomic E-state index is 12.5. The van der Waals surface area contributed by atoms with Crippen LogP contribution in [0.1, 0.15) is 5.56 Å². The molecule has 0 bridgehead atoms. The molecule has 0 aliphatic carbocycles. The van der Waals surface area contributed by atoms with E-state index in [4.69, 9.17) is 5.73 Å². The minimum absolute atomic E-state index is 0.0799. The van der Waals surface area contributed by atoms with Gasteiger partial charge in [-0.2, -0.15) is 4.39 Å². The molecule has 0 spiro atoms. The largest absolute Gasteiger partial charge is 0.366 e. The van der Waals surface area contributed by atoms with Gasteiger partial charge in [0.05, 0.1) is 0 Å². The Morgan fingerprint density at radius 3 is 2.83 bits per heavy atom. The first-order valence-electron chi connectivity index (χ1n) is 3.22. The van der Waals surface area contributed by atoms with Crippen molar-refractivity contribution in [3.8, 4) is 0 Å². The molecule has 1 aromatic heterocycles. The minimum Gasteiger partial charge on any atom is -0.366 e. The van der Waals surface area contributed by atoms with Crippen molar-refractivity contribution in [3.05, 3.63) is 36.4 Å². The Labute approximate surface area is 68.7 Å². The van der Waals surface area contributed by atoms with Crippen LogP contribution in [-0.4, -0.2) is 10.9 Å². The SMILES string of the molecule is C=C(C(N)=O)c1ccnc(F)c1. The number of pyridine rings is 1. The van der Waals surface area contributed by atoms with Crippen molar-refractivity contribution < 1.29 is 9.18 Å². The molecule has 4 heteroatoms. The van der Waals surface area contributed by atoms with Gasteiger partial charge in [-0.3, -0.25) is 4.79 Å². The maximum absolute atomic E-state index is 12.5. The van der Waals surface area contributed by atoms with Gasteiger partial charge in [0.1, 0.15) is 0 Å². The van der Waals surface area contributed by atoms with Crippen molar-refractivity contribution in [1.82, 2.24) is 4.98 Å². The monoisotopic (exact) mass is 166 g/mol. The molecule has 0 aliphatic rings. The number of halogens is 1. The smallest absolute Gasteiger partial charge is 0.248 e. The Morgan fingerprint density at radius 2 is 2.33 bits per heavy atom. The van der Waals surface area contributed by atoms with E-state index in [-0.39, 0.29) is 5.57 Å². The Bertz CT molecular complexity index is 336. The highest BCUT2D eigenvalue weighted by atomic mass is 19.1. The first-order chi connectivity index (χ1) is 5.61. The molecule has 3 nitrogen and oxygen atoms in total. The van der Waals surface area contributed by atoms with E-state index in [1.165, 1.54) is 12.3 Å². The second kappa shape index (κ2) is 3.13. The topological polar surface area (TPSA) is 56.0 Å². The summed E-state index contributed by atoms with van der Waals surface area (Å²) in [7, 11) is 0. The summed E-state index contributed by atoms with van der Waals surface area (Å²) in [5.41, 5.74) is 5.37. The number of rotatable bonds is 2. The van der Waals surface area contributed by atoms with E-state index in [2.05, 4.69) is 11.6 Å². The van der Waals surface area contributed by atoms with Gasteiger partial charge in [-0.05, 0) is 11.6 Å². The Morgan fingerprint density at radius 1 is 1.67 bits per heavy atom. The molecule has 0 saturated heterocycles. The van der Waals surface area contributed by atoms with Gasteiger partial charge < -0.3 is 5.73 Å². The molecule has 1 rings (SSSR count). The number of carbonyl (C=O) groups excluding carboxylic acids is 1. The van der Waals surface area contributed by atoms with Crippen LogP contribution in [0.5, 0.6) is 0 Å². The average Bonchev–Trinajstić information content (AvgIpc) is 2.03. The first-order valence-corrected chi connectivity index (χ1v) is 3.22. The number of amides is 1. The van der Waals surface area contributed by atoms with Crippen molar-refractivity contribution in [2.45, 2.75) is 0 Å². The maximum Gasteiger partial charge on any atom is 0.248 e. The molecule has 2 N–H and O–H groups in total. The molecule has 62 valence electrons. The van der Waals surface area contributed by atoms with Gasteiger partial charge in [0.2, 0.25) is 11.9 Å². The van der Waals surface area contributed by atoms with Crippen molar-refractivity contribution in [2.24, 2.45) is 5.73 Å². The summed E-state index contributed by atoms with van der Waals surface area (Å²) in [5.74, 6) is -1.32. The summed E-state index contributed by atoms with van der Waals surface area (Å²) in [6.45, 7) is 3.40. The van der Waals surface area contributed by atoms with Crippen LogP contribution in [-0.2, 0) is 4.79 Å². The fourth-order valence-electron chi connectivity index (χ4n) is 0.732. The molecule has 0 fully saturated rings. The summed E-state index contributed by atoms with van der Waals surface area (Å²) >= 11 is 0. The number of nitrogens with two attached hydrogens (primary N) is 1. The summed E-state index contributed by atoms with van der Waals surface area (Å²) in [6, 6.07) is 2.57. The summed E-state index contributed by atoms with van der Waals surface area (Å²) in [4.78, 5) is 13.9. The lowest BCUT2D eigenvalue weighted by Gasteiger charge is -1.99. The van der Waals surface area contributed by atoms with Crippen LogP contribution in [0.2, 0.25) is 0 Å². The zero-order valence-electron chi connectivity index (χ0n) is 6.25. The Kier molecular flexibility index (Phi) is 2.19. The highest BCUT2D eigenvalue weighted by Gasteiger charge is 2.05. The number of carbonyl (C=O) groups is 1. The lowest BCUT2D eigenvalue weighted by molar-refractivity contribution is -0.112. The highest BCUT2D eigenvalue weighted by Crippen LogP contribution is 2.10. The fraction of sp³-hybridized carbons (Fsp3) is 0. The lowest BCUT2D eigenvalue weighted by atomic mass is 10.1. The molecule has 1 heterocycles. The van der Waals surface area contributed by atoms with Crippen LogP contribution in [0, 0.1) is 5.95 Å². The number of hydrogen-bond donors (Lipinski definition) is 1. The van der Waals surface area contributed by atoms with E-state index in [9.17, 15) is 9.18 Å². The molecular weight excluding hydrogens is 159 g/mol. The third-order valence-corrected chi connectivity index (χ3v) is 1.37. The minimum atomic E-state index is -0.666. The van der Waals surface area contributed by atoms with Gasteiger partial charge in [-0.15, -0.1) is 0 Å². The molecule has 12 heavy (non-hydrogen) atoms. The molecule has 0 radical (unpaired) electrons. The fourth-order valence-corrected chi connectivity index (χ4v) is 0.732. The molecule has 0 saturated carbocycles. The van der Waals surface area contributed by atoms with E-state index in [0.29, 0.717) is 5.56 Å².